The highest BCUT2D eigenvalue weighted by Crippen LogP contribution is 2.40. The molecule has 6 aromatic carbocycles. The summed E-state index contributed by atoms with van der Waals surface area (Å²) in [5.74, 6) is 0.944. The third-order valence-electron chi connectivity index (χ3n) is 10.4. The zero-order valence-electron chi connectivity index (χ0n) is 30.8. The van der Waals surface area contributed by atoms with Gasteiger partial charge in [-0.15, -0.1) is 0 Å². The van der Waals surface area contributed by atoms with Crippen molar-refractivity contribution in [2.24, 2.45) is 9.98 Å². The first-order valence-electron chi connectivity index (χ1n) is 18.5. The molecule has 2 heterocycles. The molecule has 58 heavy (non-hydrogen) atoms. The topological polar surface area (TPSA) is 41.7 Å². The molecule has 1 aromatic heterocycles. The number of hydrogen-bond acceptors (Lipinski definition) is 3. The summed E-state index contributed by atoms with van der Waals surface area (Å²) in [6.45, 7) is 2.03. The van der Waals surface area contributed by atoms with Crippen LogP contribution < -0.4 is 15.8 Å². The molecule has 0 fully saturated rings. The predicted molar refractivity (Wildman–Crippen MR) is 219 cm³/mol. The zero-order chi connectivity index (χ0) is 40.2. The van der Waals surface area contributed by atoms with Crippen molar-refractivity contribution in [2.75, 3.05) is 0 Å². The van der Waals surface area contributed by atoms with Crippen molar-refractivity contribution in [2.45, 2.75) is 25.7 Å². The fraction of sp³-hybridized carbons (Fsp3) is 0.0833. The van der Waals surface area contributed by atoms with Crippen LogP contribution in [0.25, 0.3) is 50.0 Å². The molecule has 0 atom stereocenters. The van der Waals surface area contributed by atoms with E-state index in [9.17, 15) is 26.3 Å². The Labute approximate surface area is 328 Å². The van der Waals surface area contributed by atoms with E-state index in [0.717, 1.165) is 44.6 Å². The lowest BCUT2D eigenvalue weighted by atomic mass is 9.92. The first kappa shape index (κ1) is 36.7. The van der Waals surface area contributed by atoms with Crippen LogP contribution in [-0.4, -0.2) is 28.6 Å². The molecule has 0 saturated carbocycles. The Morgan fingerprint density at radius 1 is 0.552 bits per heavy atom. The van der Waals surface area contributed by atoms with Gasteiger partial charge in [-0.3, -0.25) is 0 Å². The van der Waals surface area contributed by atoms with Gasteiger partial charge in [0.15, 0.2) is 5.84 Å². The fourth-order valence-electron chi connectivity index (χ4n) is 7.55. The summed E-state index contributed by atoms with van der Waals surface area (Å²) in [4.78, 5) is 9.76. The third-order valence-corrected chi connectivity index (χ3v) is 10.4. The van der Waals surface area contributed by atoms with Crippen molar-refractivity contribution in [1.82, 2.24) is 9.88 Å². The number of para-hydroxylation sites is 1. The van der Waals surface area contributed by atoms with Crippen LogP contribution in [0.15, 0.2) is 179 Å². The lowest BCUT2D eigenvalue weighted by Crippen LogP contribution is -2.38. The molecule has 0 bridgehead atoms. The van der Waals surface area contributed by atoms with Gasteiger partial charge in [-0.25, -0.2) is 9.98 Å². The Bertz CT molecular complexity index is 3010. The maximum Gasteiger partial charge on any atom is 0.416 e. The molecule has 9 rings (SSSR count). The lowest BCUT2D eigenvalue weighted by Gasteiger charge is -2.21. The summed E-state index contributed by atoms with van der Waals surface area (Å²) in [5, 5.41) is 5.72. The molecule has 1 aliphatic heterocycles. The first-order valence-corrected chi connectivity index (χ1v) is 18.5. The minimum Gasteiger partial charge on any atom is -0.324 e. The number of aryl methyl sites for hydroxylation is 1. The molecule has 1 aliphatic carbocycles. The fourth-order valence-corrected chi connectivity index (χ4v) is 7.55. The molecule has 2 aliphatic rings. The molecule has 7 aromatic rings. The van der Waals surface area contributed by atoms with Crippen LogP contribution in [0.1, 0.15) is 23.1 Å². The number of nitrogens with one attached hydrogen (secondary N) is 1. The van der Waals surface area contributed by atoms with Crippen LogP contribution in [0, 0.1) is 6.92 Å². The van der Waals surface area contributed by atoms with Crippen LogP contribution in [-0.2, 0) is 0 Å². The average molecular weight is 779 g/mol. The van der Waals surface area contributed by atoms with E-state index in [1.165, 1.54) is 0 Å². The first-order chi connectivity index (χ1) is 27.9. The lowest BCUT2D eigenvalue weighted by molar-refractivity contribution is -0.0970. The number of allylic oxidation sites excluding steroid dienone is 4. The number of nitrogens with zero attached hydrogens (tertiary/aromatic N) is 3. The number of amidine groups is 2. The van der Waals surface area contributed by atoms with E-state index in [1.807, 2.05) is 104 Å². The Kier molecular flexibility index (Phi) is 8.99. The van der Waals surface area contributed by atoms with Gasteiger partial charge < -0.3 is 9.88 Å². The molecule has 1 N–H and O–H groups in total. The second-order valence-electron chi connectivity index (χ2n) is 14.2. The second-order valence-corrected chi connectivity index (χ2v) is 14.2. The highest BCUT2D eigenvalue weighted by atomic mass is 19.4. The highest BCUT2D eigenvalue weighted by Gasteiger charge is 2.41. The van der Waals surface area contributed by atoms with E-state index in [1.54, 1.807) is 18.2 Å². The molecule has 0 radical (unpaired) electrons. The monoisotopic (exact) mass is 778 g/mol. The van der Waals surface area contributed by atoms with E-state index in [-0.39, 0.29) is 22.7 Å². The number of fused-ring (bicyclic) bond motifs is 3. The van der Waals surface area contributed by atoms with Crippen LogP contribution in [0.2, 0.25) is 0 Å². The van der Waals surface area contributed by atoms with Gasteiger partial charge in [0.1, 0.15) is 11.7 Å². The Balaban J connectivity index is 1.38. The molecule has 10 heteroatoms. The molecular weight excluding hydrogens is 747 g/mol. The Morgan fingerprint density at radius 3 is 1.91 bits per heavy atom. The van der Waals surface area contributed by atoms with Gasteiger partial charge in [-0.2, -0.15) is 26.3 Å². The van der Waals surface area contributed by atoms with E-state index in [4.69, 9.17) is 9.98 Å². The van der Waals surface area contributed by atoms with Gasteiger partial charge in [0, 0.05) is 44.8 Å². The van der Waals surface area contributed by atoms with E-state index >= 15 is 0 Å². The Hall–Kier alpha value is -6.94. The van der Waals surface area contributed by atoms with Crippen LogP contribution in [0.3, 0.4) is 0 Å². The normalized spacial score (nSPS) is 16.7. The van der Waals surface area contributed by atoms with Gasteiger partial charge in [0.2, 0.25) is 0 Å². The maximum atomic E-state index is 14.3. The summed E-state index contributed by atoms with van der Waals surface area (Å²) < 4.78 is 87.9. The summed E-state index contributed by atoms with van der Waals surface area (Å²) in [7, 11) is 0. The standard InChI is InChI=1S/C48H32F6N4/c1-29-16-18-30(19-17-29)33-20-22-40-39-14-8-9-15-42(39)58(43(40)26-33)37-21-23-38(34-24-35(47(49,50)51)27-36(25-34)48(52,53)54)41(28-37)46-56-44(31-10-4-2-5-11-31)55-45(57-46)32-12-6-3-7-13-32/h2-24,26-28H,25H2,1H3,(H,55,56,57). The zero-order valence-corrected chi connectivity index (χ0v) is 30.8. The number of alkyl halides is 6. The minimum absolute atomic E-state index is 0.151. The average Bonchev–Trinajstić information content (AvgIpc) is 3.57. The number of benzene rings is 6. The van der Waals surface area contributed by atoms with Crippen molar-refractivity contribution in [1.29, 1.82) is 0 Å². The molecular formula is C48H32F6N4. The number of hydrogen-bond donors (Lipinski definition) is 1. The minimum atomic E-state index is -5.03. The molecule has 0 amide bonds. The van der Waals surface area contributed by atoms with Crippen molar-refractivity contribution in [3.05, 3.63) is 196 Å². The molecule has 4 nitrogen and oxygen atoms in total. The van der Waals surface area contributed by atoms with Gasteiger partial charge in [0.05, 0.1) is 16.6 Å². The summed E-state index contributed by atoms with van der Waals surface area (Å²) in [6.07, 6.45) is -9.79. The van der Waals surface area contributed by atoms with Crippen molar-refractivity contribution in [3.8, 4) is 16.8 Å². The molecule has 0 unspecified atom stereocenters. The summed E-state index contributed by atoms with van der Waals surface area (Å²) in [5.41, 5.74) is 4.04. The van der Waals surface area contributed by atoms with Crippen molar-refractivity contribution < 1.29 is 26.3 Å². The predicted octanol–water partition coefficient (Wildman–Crippen LogP) is 10.9. The van der Waals surface area contributed by atoms with Gasteiger partial charge in [0.25, 0.3) is 0 Å². The number of rotatable bonds is 4. The number of aliphatic imine (C=N–C) groups is 2. The summed E-state index contributed by atoms with van der Waals surface area (Å²) >= 11 is 0. The van der Waals surface area contributed by atoms with Gasteiger partial charge >= 0.3 is 12.4 Å². The smallest absolute Gasteiger partial charge is 0.324 e. The largest absolute Gasteiger partial charge is 0.416 e. The SMILES string of the molecule is Cc1ccc(-c2ccc3c4ccccc4n(-c4ccc(=C5C=C(C(F)(F)F)C=C(C(F)(F)F)C5)c(=C5N=C(c6ccccc6)N=C(c6ccccc6)N5)c4)c3c2)cc1. The molecule has 0 saturated heterocycles. The third kappa shape index (κ3) is 6.91. The van der Waals surface area contributed by atoms with Gasteiger partial charge in [-0.1, -0.05) is 127 Å². The van der Waals surface area contributed by atoms with E-state index < -0.39 is 29.9 Å². The van der Waals surface area contributed by atoms with Crippen LogP contribution in [0.4, 0.5) is 26.3 Å². The number of halogens is 6. The molecule has 0 spiro atoms. The molecule has 286 valence electrons. The van der Waals surface area contributed by atoms with Gasteiger partial charge in [-0.05, 0) is 65.3 Å². The Morgan fingerprint density at radius 2 is 1.21 bits per heavy atom. The van der Waals surface area contributed by atoms with E-state index in [0.29, 0.717) is 33.7 Å². The van der Waals surface area contributed by atoms with Crippen LogP contribution in [0.5, 0.6) is 0 Å². The second kappa shape index (κ2) is 14.2. The number of aromatic nitrogens is 1. The quantitative estimate of drug-likeness (QED) is 0.178. The summed E-state index contributed by atoms with van der Waals surface area (Å²) in [6, 6.07) is 45.9. The maximum absolute atomic E-state index is 14.3. The van der Waals surface area contributed by atoms with Crippen molar-refractivity contribution >= 4 is 44.9 Å². The highest BCUT2D eigenvalue weighted by molar-refractivity contribution is 6.16. The van der Waals surface area contributed by atoms with Crippen LogP contribution >= 0.6 is 0 Å². The van der Waals surface area contributed by atoms with Crippen molar-refractivity contribution in [3.63, 3.8) is 0 Å². The van der Waals surface area contributed by atoms with E-state index in [2.05, 4.69) is 40.2 Å².